The summed E-state index contributed by atoms with van der Waals surface area (Å²) in [6.45, 7) is 3.49. The molecule has 0 fully saturated rings. The SMILES string of the molecule is CCOC(=O)COc1ccc(/C=c2\sc3n(c2=O)C(c2ccc(F)cc2)C(C(=O)OCC)=C(c2ccccc2)N=3)cc1OC. The van der Waals surface area contributed by atoms with Crippen molar-refractivity contribution in [2.75, 3.05) is 26.9 Å². The van der Waals surface area contributed by atoms with Gasteiger partial charge in [-0.2, -0.15) is 0 Å². The van der Waals surface area contributed by atoms with Crippen LogP contribution >= 0.6 is 11.3 Å². The van der Waals surface area contributed by atoms with E-state index in [1.165, 1.54) is 23.8 Å². The van der Waals surface area contributed by atoms with Crippen LogP contribution in [-0.4, -0.2) is 43.4 Å². The molecule has 0 saturated heterocycles. The van der Waals surface area contributed by atoms with Crippen LogP contribution < -0.4 is 24.4 Å². The molecule has 1 unspecified atom stereocenters. The fourth-order valence-corrected chi connectivity index (χ4v) is 5.79. The molecule has 11 heteroatoms. The lowest BCUT2D eigenvalue weighted by Crippen LogP contribution is -2.40. The Morgan fingerprint density at radius 1 is 0.977 bits per heavy atom. The van der Waals surface area contributed by atoms with Gasteiger partial charge in [0.15, 0.2) is 22.9 Å². The Morgan fingerprint density at radius 2 is 1.70 bits per heavy atom. The Bertz CT molecular complexity index is 1900. The van der Waals surface area contributed by atoms with Crippen molar-refractivity contribution < 1.29 is 32.9 Å². The van der Waals surface area contributed by atoms with Crippen LogP contribution in [0.15, 0.2) is 88.2 Å². The van der Waals surface area contributed by atoms with E-state index in [0.717, 1.165) is 11.3 Å². The van der Waals surface area contributed by atoms with Gasteiger partial charge in [0.2, 0.25) is 0 Å². The Morgan fingerprint density at radius 3 is 2.39 bits per heavy atom. The van der Waals surface area contributed by atoms with Crippen LogP contribution in [0.3, 0.4) is 0 Å². The molecule has 1 atom stereocenters. The number of nitrogens with zero attached hydrogens (tertiary/aromatic N) is 2. The molecule has 1 aliphatic rings. The molecule has 1 aromatic heterocycles. The first-order chi connectivity index (χ1) is 21.3. The highest BCUT2D eigenvalue weighted by molar-refractivity contribution is 7.07. The minimum atomic E-state index is -0.920. The molecule has 0 spiro atoms. The Balaban J connectivity index is 1.67. The number of methoxy groups -OCH3 is 1. The third-order valence-corrected chi connectivity index (χ3v) is 7.68. The fraction of sp³-hybridized carbons (Fsp3) is 0.212. The molecular weight excluding hydrogens is 587 g/mol. The van der Waals surface area contributed by atoms with Crippen LogP contribution in [0.5, 0.6) is 11.5 Å². The van der Waals surface area contributed by atoms with Gasteiger partial charge in [0, 0.05) is 5.56 Å². The average molecular weight is 617 g/mol. The molecule has 0 aliphatic carbocycles. The van der Waals surface area contributed by atoms with Crippen LogP contribution in [0.4, 0.5) is 4.39 Å². The Hall–Kier alpha value is -5.03. The minimum absolute atomic E-state index is 0.117. The zero-order valence-corrected chi connectivity index (χ0v) is 25.1. The number of thiazole rings is 1. The molecule has 0 bridgehead atoms. The lowest BCUT2D eigenvalue weighted by atomic mass is 9.93. The molecule has 3 aromatic carbocycles. The molecule has 9 nitrogen and oxygen atoms in total. The van der Waals surface area contributed by atoms with Crippen LogP contribution in [0.25, 0.3) is 11.8 Å². The van der Waals surface area contributed by atoms with Gasteiger partial charge in [-0.15, -0.1) is 0 Å². The zero-order chi connectivity index (χ0) is 31.2. The number of esters is 2. The quantitative estimate of drug-likeness (QED) is 0.248. The summed E-state index contributed by atoms with van der Waals surface area (Å²) in [6, 6.07) is 18.9. The van der Waals surface area contributed by atoms with Crippen molar-refractivity contribution in [1.29, 1.82) is 0 Å². The third-order valence-electron chi connectivity index (χ3n) is 6.70. The highest BCUT2D eigenvalue weighted by Gasteiger charge is 2.35. The molecule has 44 heavy (non-hydrogen) atoms. The van der Waals surface area contributed by atoms with E-state index in [2.05, 4.69) is 0 Å². The van der Waals surface area contributed by atoms with Gasteiger partial charge in [-0.3, -0.25) is 9.36 Å². The lowest BCUT2D eigenvalue weighted by Gasteiger charge is -2.25. The second-order valence-corrected chi connectivity index (χ2v) is 10.5. The number of ether oxygens (including phenoxy) is 4. The number of hydrogen-bond acceptors (Lipinski definition) is 9. The summed E-state index contributed by atoms with van der Waals surface area (Å²) < 4.78 is 37.1. The van der Waals surface area contributed by atoms with Crippen molar-refractivity contribution in [1.82, 2.24) is 4.57 Å². The van der Waals surface area contributed by atoms with Crippen molar-refractivity contribution in [2.24, 2.45) is 4.99 Å². The molecule has 1 aliphatic heterocycles. The van der Waals surface area contributed by atoms with Crippen molar-refractivity contribution in [3.8, 4) is 11.5 Å². The highest BCUT2D eigenvalue weighted by Crippen LogP contribution is 2.35. The van der Waals surface area contributed by atoms with E-state index in [4.69, 9.17) is 23.9 Å². The Labute approximate surface area is 256 Å². The van der Waals surface area contributed by atoms with Gasteiger partial charge < -0.3 is 18.9 Å². The van der Waals surface area contributed by atoms with E-state index >= 15 is 0 Å². The molecule has 0 N–H and O–H groups in total. The predicted molar refractivity (Wildman–Crippen MR) is 163 cm³/mol. The van der Waals surface area contributed by atoms with Gasteiger partial charge in [-0.1, -0.05) is 59.9 Å². The number of aromatic nitrogens is 1. The van der Waals surface area contributed by atoms with Gasteiger partial charge in [0.25, 0.3) is 5.56 Å². The van der Waals surface area contributed by atoms with E-state index in [-0.39, 0.29) is 25.4 Å². The predicted octanol–water partition coefficient (Wildman–Crippen LogP) is 4.03. The van der Waals surface area contributed by atoms with Gasteiger partial charge >= 0.3 is 11.9 Å². The van der Waals surface area contributed by atoms with Crippen LogP contribution in [0.2, 0.25) is 0 Å². The molecule has 0 radical (unpaired) electrons. The number of rotatable bonds is 10. The van der Waals surface area contributed by atoms with E-state index in [9.17, 15) is 18.8 Å². The maximum atomic E-state index is 14.0. The van der Waals surface area contributed by atoms with Crippen LogP contribution in [0, 0.1) is 5.82 Å². The van der Waals surface area contributed by atoms with Gasteiger partial charge in [0.1, 0.15) is 5.82 Å². The topological polar surface area (TPSA) is 105 Å². The summed E-state index contributed by atoms with van der Waals surface area (Å²) in [5, 5.41) is 0. The van der Waals surface area contributed by atoms with Gasteiger partial charge in [-0.05, 0) is 55.3 Å². The zero-order valence-electron chi connectivity index (χ0n) is 24.2. The van der Waals surface area contributed by atoms with Gasteiger partial charge in [-0.25, -0.2) is 19.0 Å². The molecule has 226 valence electrons. The molecule has 0 amide bonds. The third kappa shape index (κ3) is 6.32. The van der Waals surface area contributed by atoms with Crippen molar-refractivity contribution in [3.05, 3.63) is 121 Å². The number of hydrogen-bond donors (Lipinski definition) is 0. The fourth-order valence-electron chi connectivity index (χ4n) is 4.78. The molecule has 0 saturated carbocycles. The number of carbonyl (C=O) groups excluding carboxylic acids is 2. The summed E-state index contributed by atoms with van der Waals surface area (Å²) in [5.41, 5.74) is 1.98. The van der Waals surface area contributed by atoms with Crippen LogP contribution in [0.1, 0.15) is 36.6 Å². The number of fused-ring (bicyclic) bond motifs is 1. The monoisotopic (exact) mass is 616 g/mol. The molecule has 2 heterocycles. The molecule has 4 aromatic rings. The molecule has 5 rings (SSSR count). The number of benzene rings is 3. The largest absolute Gasteiger partial charge is 0.493 e. The lowest BCUT2D eigenvalue weighted by molar-refractivity contribution is -0.145. The second kappa shape index (κ2) is 13.5. The minimum Gasteiger partial charge on any atom is -0.493 e. The number of carbonyl (C=O) groups is 2. The average Bonchev–Trinajstić information content (AvgIpc) is 3.34. The summed E-state index contributed by atoms with van der Waals surface area (Å²) in [5.74, 6) is -0.887. The maximum Gasteiger partial charge on any atom is 0.344 e. The Kier molecular flexibility index (Phi) is 9.35. The highest BCUT2D eigenvalue weighted by atomic mass is 32.1. The summed E-state index contributed by atoms with van der Waals surface area (Å²) in [4.78, 5) is 44.4. The summed E-state index contributed by atoms with van der Waals surface area (Å²) >= 11 is 1.16. The van der Waals surface area contributed by atoms with E-state index in [0.29, 0.717) is 43.2 Å². The maximum absolute atomic E-state index is 14.0. The second-order valence-electron chi connectivity index (χ2n) is 9.49. The standard InChI is InChI=1S/C33H29FN2O7S/c1-4-41-27(37)19-43-24-16-11-20(17-25(24)40-3)18-26-31(38)36-30(22-12-14-23(34)15-13-22)28(32(39)42-5-2)29(35-33(36)44-26)21-9-7-6-8-10-21/h6-18,30H,4-5,19H2,1-3H3/b26-18-. The van der Waals surface area contributed by atoms with Crippen molar-refractivity contribution in [2.45, 2.75) is 19.9 Å². The van der Waals surface area contributed by atoms with E-state index in [1.54, 1.807) is 50.3 Å². The molecular formula is C33H29FN2O7S. The van der Waals surface area contributed by atoms with Crippen molar-refractivity contribution in [3.63, 3.8) is 0 Å². The first-order valence-electron chi connectivity index (χ1n) is 13.8. The van der Waals surface area contributed by atoms with E-state index < -0.39 is 29.4 Å². The number of halogens is 1. The van der Waals surface area contributed by atoms with Crippen LogP contribution in [-0.2, 0) is 19.1 Å². The first-order valence-corrected chi connectivity index (χ1v) is 14.7. The first kappa shape index (κ1) is 30.4. The normalized spacial score (nSPS) is 14.5. The summed E-state index contributed by atoms with van der Waals surface area (Å²) in [7, 11) is 1.47. The smallest absolute Gasteiger partial charge is 0.344 e. The van der Waals surface area contributed by atoms with Gasteiger partial charge in [0.05, 0.1) is 42.2 Å². The van der Waals surface area contributed by atoms with Crippen molar-refractivity contribution >= 4 is 35.0 Å². The van der Waals surface area contributed by atoms with E-state index in [1.807, 2.05) is 30.3 Å². The summed E-state index contributed by atoms with van der Waals surface area (Å²) in [6.07, 6.45) is 1.68.